The summed E-state index contributed by atoms with van der Waals surface area (Å²) in [5.41, 5.74) is 0.896. The van der Waals surface area contributed by atoms with Crippen molar-refractivity contribution >= 4 is 17.3 Å². The first kappa shape index (κ1) is 15.8. The summed E-state index contributed by atoms with van der Waals surface area (Å²) in [5, 5.41) is 16.7. The third-order valence-corrected chi connectivity index (χ3v) is 5.19. The summed E-state index contributed by atoms with van der Waals surface area (Å²) in [6.45, 7) is 1.18. The predicted molar refractivity (Wildman–Crippen MR) is 88.2 cm³/mol. The predicted octanol–water partition coefficient (Wildman–Crippen LogP) is 2.95. The summed E-state index contributed by atoms with van der Waals surface area (Å²) in [4.78, 5) is 22.2. The number of fused-ring (bicyclic) bond motifs is 2. The van der Waals surface area contributed by atoms with Crippen LogP contribution in [0, 0.1) is 27.9 Å². The molecule has 0 aliphatic heterocycles. The lowest BCUT2D eigenvalue weighted by molar-refractivity contribution is -0.384. The van der Waals surface area contributed by atoms with Gasteiger partial charge in [0, 0.05) is 37.3 Å². The van der Waals surface area contributed by atoms with Crippen molar-refractivity contribution in [3.05, 3.63) is 34.4 Å². The van der Waals surface area contributed by atoms with Crippen molar-refractivity contribution in [1.82, 2.24) is 5.32 Å². The van der Waals surface area contributed by atoms with E-state index in [1.165, 1.54) is 37.8 Å². The molecular formula is C17H23N3O3. The molecule has 1 aromatic carbocycles. The maximum Gasteiger partial charge on any atom is 0.269 e. The van der Waals surface area contributed by atoms with E-state index >= 15 is 0 Å². The average Bonchev–Trinajstić information content (AvgIpc) is 3.15. The van der Waals surface area contributed by atoms with E-state index in [1.54, 1.807) is 12.1 Å². The fraction of sp³-hybridized carbons (Fsp3) is 0.588. The molecule has 2 N–H and O–H groups in total. The highest BCUT2D eigenvalue weighted by Crippen LogP contribution is 2.49. The van der Waals surface area contributed by atoms with E-state index in [4.69, 9.17) is 0 Å². The number of nitrogens with zero attached hydrogens (tertiary/aromatic N) is 1. The fourth-order valence-electron chi connectivity index (χ4n) is 4.05. The average molecular weight is 317 g/mol. The zero-order chi connectivity index (χ0) is 16.2. The minimum Gasteiger partial charge on any atom is -0.383 e. The number of nitro groups is 1. The molecule has 124 valence electrons. The second-order valence-electron chi connectivity index (χ2n) is 6.72. The topological polar surface area (TPSA) is 84.3 Å². The molecule has 0 aromatic heterocycles. The molecule has 6 heteroatoms. The normalized spacial score (nSPS) is 25.3. The molecule has 0 saturated heterocycles. The Kier molecular flexibility index (Phi) is 4.79. The van der Waals surface area contributed by atoms with Crippen LogP contribution in [0.5, 0.6) is 0 Å². The Morgan fingerprint density at radius 3 is 2.57 bits per heavy atom. The zero-order valence-corrected chi connectivity index (χ0v) is 13.2. The smallest absolute Gasteiger partial charge is 0.269 e. The van der Waals surface area contributed by atoms with Gasteiger partial charge in [-0.2, -0.15) is 0 Å². The van der Waals surface area contributed by atoms with E-state index in [0.29, 0.717) is 25.4 Å². The molecule has 2 fully saturated rings. The minimum atomic E-state index is -0.417. The van der Waals surface area contributed by atoms with Crippen LogP contribution in [-0.4, -0.2) is 23.9 Å². The van der Waals surface area contributed by atoms with Gasteiger partial charge in [0.25, 0.3) is 5.69 Å². The molecule has 23 heavy (non-hydrogen) atoms. The Bertz CT molecular complexity index is 573. The second kappa shape index (κ2) is 6.98. The van der Waals surface area contributed by atoms with E-state index in [1.807, 2.05) is 0 Å². The Morgan fingerprint density at radius 2 is 1.96 bits per heavy atom. The van der Waals surface area contributed by atoms with Crippen molar-refractivity contribution in [2.75, 3.05) is 18.4 Å². The first-order valence-electron chi connectivity index (χ1n) is 8.37. The van der Waals surface area contributed by atoms with Crippen LogP contribution >= 0.6 is 0 Å². The third kappa shape index (κ3) is 4.00. The highest BCUT2D eigenvalue weighted by atomic mass is 16.6. The number of anilines is 1. The highest BCUT2D eigenvalue weighted by molar-refractivity contribution is 5.76. The van der Waals surface area contributed by atoms with E-state index in [-0.39, 0.29) is 11.6 Å². The SMILES string of the molecule is O=C(C[C@H]1C[C@H]2CC[C@@H]1C2)NCCNc1ccc([N+](=O)[O-])cc1. The van der Waals surface area contributed by atoms with Crippen LogP contribution in [0.15, 0.2) is 24.3 Å². The molecule has 3 rings (SSSR count). The van der Waals surface area contributed by atoms with Crippen LogP contribution in [0.1, 0.15) is 32.1 Å². The summed E-state index contributed by atoms with van der Waals surface area (Å²) in [5.74, 6) is 2.40. The Labute approximate surface area is 135 Å². The first-order valence-corrected chi connectivity index (χ1v) is 8.37. The lowest BCUT2D eigenvalue weighted by Gasteiger charge is -2.20. The van der Waals surface area contributed by atoms with Crippen LogP contribution in [0.4, 0.5) is 11.4 Å². The number of non-ortho nitro benzene ring substituents is 1. The molecule has 2 aliphatic carbocycles. The van der Waals surface area contributed by atoms with Gasteiger partial charge in [-0.25, -0.2) is 0 Å². The van der Waals surface area contributed by atoms with Crippen molar-refractivity contribution in [1.29, 1.82) is 0 Å². The van der Waals surface area contributed by atoms with E-state index in [0.717, 1.165) is 17.5 Å². The van der Waals surface area contributed by atoms with Gasteiger partial charge >= 0.3 is 0 Å². The number of carbonyl (C=O) groups excluding carboxylic acids is 1. The molecule has 2 aliphatic rings. The van der Waals surface area contributed by atoms with Gasteiger partial charge in [-0.15, -0.1) is 0 Å². The zero-order valence-electron chi connectivity index (χ0n) is 13.2. The van der Waals surface area contributed by atoms with Gasteiger partial charge in [0.2, 0.25) is 5.91 Å². The molecule has 3 atom stereocenters. The monoisotopic (exact) mass is 317 g/mol. The van der Waals surface area contributed by atoms with Crippen molar-refractivity contribution in [3.63, 3.8) is 0 Å². The van der Waals surface area contributed by atoms with E-state index in [9.17, 15) is 14.9 Å². The Hall–Kier alpha value is -2.11. The number of benzene rings is 1. The van der Waals surface area contributed by atoms with Crippen LogP contribution in [0.3, 0.4) is 0 Å². The lowest BCUT2D eigenvalue weighted by Crippen LogP contribution is -2.31. The van der Waals surface area contributed by atoms with Gasteiger partial charge in [0.1, 0.15) is 0 Å². The number of carbonyl (C=O) groups is 1. The molecule has 0 heterocycles. The molecule has 1 aromatic rings. The van der Waals surface area contributed by atoms with Crippen molar-refractivity contribution < 1.29 is 9.72 Å². The van der Waals surface area contributed by atoms with Gasteiger partial charge in [-0.05, 0) is 49.1 Å². The van der Waals surface area contributed by atoms with Crippen LogP contribution in [-0.2, 0) is 4.79 Å². The molecular weight excluding hydrogens is 294 g/mol. The summed E-state index contributed by atoms with van der Waals surface area (Å²) >= 11 is 0. The number of rotatable bonds is 7. The number of amides is 1. The van der Waals surface area contributed by atoms with Crippen molar-refractivity contribution in [2.45, 2.75) is 32.1 Å². The van der Waals surface area contributed by atoms with Gasteiger partial charge in [0.05, 0.1) is 4.92 Å². The Morgan fingerprint density at radius 1 is 1.17 bits per heavy atom. The number of hydrogen-bond acceptors (Lipinski definition) is 4. The summed E-state index contributed by atoms with van der Waals surface area (Å²) in [6, 6.07) is 6.29. The van der Waals surface area contributed by atoms with Crippen LogP contribution in [0.25, 0.3) is 0 Å². The van der Waals surface area contributed by atoms with Crippen LogP contribution < -0.4 is 10.6 Å². The maximum atomic E-state index is 12.0. The lowest BCUT2D eigenvalue weighted by atomic mass is 9.86. The first-order chi connectivity index (χ1) is 11.1. The summed E-state index contributed by atoms with van der Waals surface area (Å²) in [6.07, 6.45) is 5.91. The van der Waals surface area contributed by atoms with Gasteiger partial charge in [0.15, 0.2) is 0 Å². The molecule has 2 saturated carbocycles. The van der Waals surface area contributed by atoms with Gasteiger partial charge in [-0.3, -0.25) is 14.9 Å². The van der Waals surface area contributed by atoms with E-state index in [2.05, 4.69) is 10.6 Å². The summed E-state index contributed by atoms with van der Waals surface area (Å²) < 4.78 is 0. The van der Waals surface area contributed by atoms with Crippen molar-refractivity contribution in [3.8, 4) is 0 Å². The van der Waals surface area contributed by atoms with Gasteiger partial charge < -0.3 is 10.6 Å². The number of hydrogen-bond donors (Lipinski definition) is 2. The third-order valence-electron chi connectivity index (χ3n) is 5.19. The largest absolute Gasteiger partial charge is 0.383 e. The van der Waals surface area contributed by atoms with Gasteiger partial charge in [-0.1, -0.05) is 6.42 Å². The molecule has 0 spiro atoms. The number of nitrogens with one attached hydrogen (secondary N) is 2. The quantitative estimate of drug-likeness (QED) is 0.460. The molecule has 2 bridgehead atoms. The summed E-state index contributed by atoms with van der Waals surface area (Å²) in [7, 11) is 0. The number of nitro benzene ring substituents is 1. The van der Waals surface area contributed by atoms with Crippen molar-refractivity contribution in [2.24, 2.45) is 17.8 Å². The maximum absolute atomic E-state index is 12.0. The molecule has 1 amide bonds. The standard InChI is InChI=1S/C17H23N3O3/c21-17(11-14-10-12-1-2-13(14)9-12)19-8-7-18-15-3-5-16(6-4-15)20(22)23/h3-6,12-14,18H,1-2,7-11H2,(H,19,21)/t12-,13+,14+/m0/s1. The molecule has 0 radical (unpaired) electrons. The second-order valence-corrected chi connectivity index (χ2v) is 6.72. The Balaban J connectivity index is 1.33. The van der Waals surface area contributed by atoms with E-state index < -0.39 is 4.92 Å². The molecule has 0 unspecified atom stereocenters. The molecule has 6 nitrogen and oxygen atoms in total. The van der Waals surface area contributed by atoms with Crippen LogP contribution in [0.2, 0.25) is 0 Å². The highest BCUT2D eigenvalue weighted by Gasteiger charge is 2.39. The fourth-order valence-corrected chi connectivity index (χ4v) is 4.05. The minimum absolute atomic E-state index is 0.0784.